The quantitative estimate of drug-likeness (QED) is 0.381. The smallest absolute Gasteiger partial charge is 0.242 e. The van der Waals surface area contributed by atoms with Crippen LogP contribution in [-0.4, -0.2) is 103 Å². The van der Waals surface area contributed by atoms with Gasteiger partial charge in [-0.15, -0.1) is 0 Å². The molecule has 1 amide bonds. The minimum atomic E-state index is -0.674. The minimum Gasteiger partial charge on any atom is -0.395 e. The highest BCUT2D eigenvalue weighted by Gasteiger charge is 2.41. The summed E-state index contributed by atoms with van der Waals surface area (Å²) in [7, 11) is 0. The highest BCUT2D eigenvalue weighted by molar-refractivity contribution is 5.90. The molecule has 2 unspecified atom stereocenters. The van der Waals surface area contributed by atoms with E-state index < -0.39 is 6.10 Å². The number of hydrogen-bond acceptors (Lipinski definition) is 11. The molecule has 4 aliphatic heterocycles. The Kier molecular flexibility index (Phi) is 7.39. The lowest BCUT2D eigenvalue weighted by Crippen LogP contribution is -2.56. The van der Waals surface area contributed by atoms with E-state index in [9.17, 15) is 15.0 Å². The van der Waals surface area contributed by atoms with Crippen molar-refractivity contribution in [3.05, 3.63) is 41.3 Å². The van der Waals surface area contributed by atoms with Crippen LogP contribution < -0.4 is 10.2 Å². The first kappa shape index (κ1) is 27.4. The molecule has 42 heavy (non-hydrogen) atoms. The monoisotopic (exact) mass is 574 g/mol. The molecule has 3 aromatic rings. The van der Waals surface area contributed by atoms with E-state index in [0.29, 0.717) is 75.4 Å². The summed E-state index contributed by atoms with van der Waals surface area (Å²) < 4.78 is 5.58. The van der Waals surface area contributed by atoms with Gasteiger partial charge in [0.15, 0.2) is 5.82 Å². The lowest BCUT2D eigenvalue weighted by Gasteiger charge is -2.38. The van der Waals surface area contributed by atoms with Gasteiger partial charge in [0.1, 0.15) is 17.4 Å². The van der Waals surface area contributed by atoms with Crippen molar-refractivity contribution in [2.24, 2.45) is 0 Å². The first-order chi connectivity index (χ1) is 20.5. The minimum absolute atomic E-state index is 0.0211. The summed E-state index contributed by atoms with van der Waals surface area (Å²) in [6, 6.07) is 6.36. The second-order valence-corrected chi connectivity index (χ2v) is 11.8. The van der Waals surface area contributed by atoms with Gasteiger partial charge in [-0.3, -0.25) is 9.69 Å². The van der Waals surface area contributed by atoms with Gasteiger partial charge in [0.05, 0.1) is 31.6 Å². The number of pyridine rings is 2. The van der Waals surface area contributed by atoms with Crippen molar-refractivity contribution in [1.29, 1.82) is 0 Å². The fourth-order valence-electron chi connectivity index (χ4n) is 7.02. The number of carbonyl (C=O) groups is 1. The van der Waals surface area contributed by atoms with Gasteiger partial charge in [-0.05, 0) is 50.3 Å². The number of morpholine rings is 1. The molecule has 2 atom stereocenters. The summed E-state index contributed by atoms with van der Waals surface area (Å²) in [6.07, 6.45) is 6.43. The van der Waals surface area contributed by atoms with Gasteiger partial charge in [-0.1, -0.05) is 6.07 Å². The van der Waals surface area contributed by atoms with Crippen molar-refractivity contribution < 1.29 is 19.7 Å². The van der Waals surface area contributed by atoms with Crippen molar-refractivity contribution in [3.63, 3.8) is 0 Å². The SMILES string of the molecule is CC(O)c1cc2cnc(Nc3ccc4c(n3)CCN(C(=O)C3COCCN3CCO)C4)nc2c(N2C3CCC2CC3)n1. The fraction of sp³-hybridized carbons (Fsp3) is 0.567. The van der Waals surface area contributed by atoms with Crippen molar-refractivity contribution in [3.8, 4) is 0 Å². The number of aliphatic hydroxyl groups excluding tert-OH is 2. The number of hydrogen-bond donors (Lipinski definition) is 3. The number of amides is 1. The van der Waals surface area contributed by atoms with Crippen LogP contribution in [0.25, 0.3) is 10.9 Å². The molecule has 3 saturated heterocycles. The van der Waals surface area contributed by atoms with Gasteiger partial charge in [0.25, 0.3) is 0 Å². The molecule has 4 aliphatic rings. The third kappa shape index (κ3) is 5.06. The van der Waals surface area contributed by atoms with Crippen LogP contribution in [0.15, 0.2) is 24.4 Å². The summed E-state index contributed by atoms with van der Waals surface area (Å²) >= 11 is 0. The second-order valence-electron chi connectivity index (χ2n) is 11.8. The number of ether oxygens (including phenoxy) is 1. The summed E-state index contributed by atoms with van der Waals surface area (Å²) in [6.45, 7) is 4.88. The van der Waals surface area contributed by atoms with Crippen molar-refractivity contribution in [2.75, 3.05) is 49.7 Å². The largest absolute Gasteiger partial charge is 0.395 e. The Morgan fingerprint density at radius 1 is 1.14 bits per heavy atom. The van der Waals surface area contributed by atoms with Crippen LogP contribution in [0, 0.1) is 0 Å². The molecule has 3 N–H and O–H groups in total. The van der Waals surface area contributed by atoms with Gasteiger partial charge in [0.2, 0.25) is 11.9 Å². The predicted octanol–water partition coefficient (Wildman–Crippen LogP) is 1.93. The normalized spacial score (nSPS) is 24.7. The maximum atomic E-state index is 13.3. The second kappa shape index (κ2) is 11.3. The van der Waals surface area contributed by atoms with Crippen LogP contribution >= 0.6 is 0 Å². The van der Waals surface area contributed by atoms with Crippen molar-refractivity contribution in [1.82, 2.24) is 29.7 Å². The first-order valence-corrected chi connectivity index (χ1v) is 15.1. The number of aliphatic hydroxyl groups is 2. The number of nitrogens with one attached hydrogen (secondary N) is 1. The number of anilines is 3. The van der Waals surface area contributed by atoms with Gasteiger partial charge in [-0.2, -0.15) is 0 Å². The average Bonchev–Trinajstić information content (AvgIpc) is 3.61. The van der Waals surface area contributed by atoms with Crippen LogP contribution in [0.1, 0.15) is 55.7 Å². The molecular formula is C30H38N8O4. The number of rotatable bonds is 7. The molecule has 0 aromatic carbocycles. The zero-order chi connectivity index (χ0) is 28.8. The van der Waals surface area contributed by atoms with E-state index >= 15 is 0 Å². The van der Waals surface area contributed by atoms with E-state index in [4.69, 9.17) is 19.7 Å². The van der Waals surface area contributed by atoms with E-state index in [1.54, 1.807) is 13.1 Å². The van der Waals surface area contributed by atoms with Gasteiger partial charge >= 0.3 is 0 Å². The Bertz CT molecular complexity index is 1460. The predicted molar refractivity (Wildman–Crippen MR) is 156 cm³/mol. The number of fused-ring (bicyclic) bond motifs is 4. The highest BCUT2D eigenvalue weighted by Crippen LogP contribution is 2.42. The van der Waals surface area contributed by atoms with Crippen molar-refractivity contribution in [2.45, 2.75) is 69.8 Å². The molecule has 12 heteroatoms. The van der Waals surface area contributed by atoms with Gasteiger partial charge < -0.3 is 30.1 Å². The van der Waals surface area contributed by atoms with E-state index in [2.05, 4.69) is 15.2 Å². The summed E-state index contributed by atoms with van der Waals surface area (Å²) in [5.74, 6) is 1.97. The number of aromatic nitrogens is 4. The lowest BCUT2D eigenvalue weighted by atomic mass is 10.0. The van der Waals surface area contributed by atoms with Crippen LogP contribution in [0.3, 0.4) is 0 Å². The Balaban J connectivity index is 1.10. The molecule has 12 nitrogen and oxygen atoms in total. The van der Waals surface area contributed by atoms with Crippen molar-refractivity contribution >= 4 is 34.4 Å². The van der Waals surface area contributed by atoms with Gasteiger partial charge in [-0.25, -0.2) is 19.9 Å². The molecule has 0 saturated carbocycles. The Morgan fingerprint density at radius 2 is 1.95 bits per heavy atom. The number of nitrogens with zero attached hydrogens (tertiary/aromatic N) is 7. The zero-order valence-corrected chi connectivity index (χ0v) is 23.9. The average molecular weight is 575 g/mol. The molecule has 7 rings (SSSR count). The molecule has 2 bridgehead atoms. The van der Waals surface area contributed by atoms with Crippen LogP contribution in [-0.2, 0) is 22.5 Å². The summed E-state index contributed by atoms with van der Waals surface area (Å²) in [5, 5.41) is 23.9. The molecule has 7 heterocycles. The molecule has 0 radical (unpaired) electrons. The molecule has 222 valence electrons. The van der Waals surface area contributed by atoms with E-state index in [0.717, 1.165) is 28.0 Å². The summed E-state index contributed by atoms with van der Waals surface area (Å²) in [5.41, 5.74) is 3.39. The molecule has 0 spiro atoms. The Hall–Kier alpha value is -3.45. The third-order valence-corrected chi connectivity index (χ3v) is 9.20. The van der Waals surface area contributed by atoms with Crippen LogP contribution in [0.5, 0.6) is 0 Å². The van der Waals surface area contributed by atoms with E-state index in [1.807, 2.05) is 28.0 Å². The van der Waals surface area contributed by atoms with Crippen LogP contribution in [0.2, 0.25) is 0 Å². The Morgan fingerprint density at radius 3 is 2.71 bits per heavy atom. The maximum absolute atomic E-state index is 13.3. The third-order valence-electron chi connectivity index (χ3n) is 9.20. The Labute approximate surface area is 244 Å². The summed E-state index contributed by atoms with van der Waals surface area (Å²) in [4.78, 5) is 38.8. The highest BCUT2D eigenvalue weighted by atomic mass is 16.5. The van der Waals surface area contributed by atoms with E-state index in [-0.39, 0.29) is 18.6 Å². The molecule has 3 fully saturated rings. The molecule has 0 aliphatic carbocycles. The maximum Gasteiger partial charge on any atom is 0.242 e. The fourth-order valence-corrected chi connectivity index (χ4v) is 7.02. The standard InChI is InChI=1S/C30H38N8O4/c1-18(40)24-14-20-15-31-30(35-27(20)28(33-24)38-21-3-4-22(38)6-5-21)34-26-7-2-19-16-37(9-8-23(19)32-26)29(41)25-17-42-13-11-36(25)10-12-39/h2,7,14-15,18,21-22,25,39-40H,3-6,8-13,16-17H2,1H3,(H,31,32,34,35). The lowest BCUT2D eigenvalue weighted by molar-refractivity contribution is -0.144. The molecular weight excluding hydrogens is 536 g/mol. The first-order valence-electron chi connectivity index (χ1n) is 15.1. The zero-order valence-electron chi connectivity index (χ0n) is 23.9. The van der Waals surface area contributed by atoms with Gasteiger partial charge in [0, 0.05) is 62.0 Å². The topological polar surface area (TPSA) is 140 Å². The number of β-amino-alcohol motifs (C(OH)–C–C–N with tert-alkyl or cyclic N) is 1. The number of carbonyl (C=O) groups excluding carboxylic acids is 1. The van der Waals surface area contributed by atoms with E-state index in [1.165, 1.54) is 25.7 Å². The molecule has 3 aromatic heterocycles. The van der Waals surface area contributed by atoms with Crippen LogP contribution in [0.4, 0.5) is 17.6 Å².